The molecule has 0 radical (unpaired) electrons. The van der Waals surface area contributed by atoms with Crippen LogP contribution < -0.4 is 5.32 Å². The van der Waals surface area contributed by atoms with Crippen molar-refractivity contribution in [2.24, 2.45) is 5.92 Å². The van der Waals surface area contributed by atoms with Gasteiger partial charge in [-0.1, -0.05) is 19.0 Å². The van der Waals surface area contributed by atoms with Crippen LogP contribution in [0.25, 0.3) is 10.2 Å². The number of rotatable bonds is 6. The summed E-state index contributed by atoms with van der Waals surface area (Å²) in [6, 6.07) is 3.36. The molecule has 0 bridgehead atoms. The Morgan fingerprint density at radius 2 is 2.04 bits per heavy atom. The van der Waals surface area contributed by atoms with E-state index in [0.29, 0.717) is 16.6 Å². The summed E-state index contributed by atoms with van der Waals surface area (Å²) in [4.78, 5) is 26.0. The number of carbonyl (C=O) groups is 2. The number of hydrogen-bond acceptors (Lipinski definition) is 7. The lowest BCUT2D eigenvalue weighted by Gasteiger charge is -2.11. The molecule has 9 heteroatoms. The first-order chi connectivity index (χ1) is 12.7. The zero-order chi connectivity index (χ0) is 19.7. The van der Waals surface area contributed by atoms with Gasteiger partial charge in [0.2, 0.25) is 0 Å². The van der Waals surface area contributed by atoms with Gasteiger partial charge in [0.15, 0.2) is 11.9 Å². The molecule has 0 saturated carbocycles. The van der Waals surface area contributed by atoms with Crippen LogP contribution in [-0.4, -0.2) is 32.9 Å². The van der Waals surface area contributed by atoms with E-state index in [9.17, 15) is 9.59 Å². The van der Waals surface area contributed by atoms with Crippen molar-refractivity contribution in [2.75, 3.05) is 5.32 Å². The monoisotopic (exact) mass is 390 g/mol. The fourth-order valence-electron chi connectivity index (χ4n) is 2.61. The van der Waals surface area contributed by atoms with Crippen molar-refractivity contribution < 1.29 is 18.8 Å². The lowest BCUT2D eigenvalue weighted by atomic mass is 10.2. The van der Waals surface area contributed by atoms with Crippen LogP contribution in [0.1, 0.15) is 41.9 Å². The molecular formula is C18H22N4O4S. The molecule has 0 aliphatic rings. The molecule has 1 amide bonds. The third-order valence-electron chi connectivity index (χ3n) is 3.88. The molecule has 3 aromatic rings. The number of thiophene rings is 1. The topological polar surface area (TPSA) is 99.2 Å². The van der Waals surface area contributed by atoms with Gasteiger partial charge in [-0.25, -0.2) is 4.79 Å². The summed E-state index contributed by atoms with van der Waals surface area (Å²) >= 11 is 1.32. The number of ether oxygens (including phenoxy) is 1. The van der Waals surface area contributed by atoms with Gasteiger partial charge < -0.3 is 14.6 Å². The molecule has 3 aromatic heterocycles. The lowest BCUT2D eigenvalue weighted by molar-refractivity contribution is -0.123. The van der Waals surface area contributed by atoms with Gasteiger partial charge in [0, 0.05) is 18.0 Å². The fourth-order valence-corrected chi connectivity index (χ4v) is 3.66. The van der Waals surface area contributed by atoms with E-state index in [4.69, 9.17) is 9.26 Å². The Morgan fingerprint density at radius 1 is 1.30 bits per heavy atom. The van der Waals surface area contributed by atoms with Crippen molar-refractivity contribution in [1.82, 2.24) is 14.9 Å². The normalized spacial score (nSPS) is 12.5. The summed E-state index contributed by atoms with van der Waals surface area (Å²) in [5.41, 5.74) is 0.869. The molecule has 0 aliphatic heterocycles. The van der Waals surface area contributed by atoms with E-state index in [1.165, 1.54) is 18.3 Å². The maximum Gasteiger partial charge on any atom is 0.349 e. The van der Waals surface area contributed by atoms with Crippen molar-refractivity contribution >= 4 is 39.2 Å². The first-order valence-electron chi connectivity index (χ1n) is 8.66. The minimum absolute atomic E-state index is 0.284. The maximum absolute atomic E-state index is 12.5. The molecule has 144 valence electrons. The number of nitrogens with zero attached hydrogens (tertiary/aromatic N) is 3. The van der Waals surface area contributed by atoms with Gasteiger partial charge in [0.1, 0.15) is 15.5 Å². The van der Waals surface area contributed by atoms with Crippen LogP contribution >= 0.6 is 11.3 Å². The average molecular weight is 390 g/mol. The van der Waals surface area contributed by atoms with Crippen LogP contribution in [0.2, 0.25) is 0 Å². The summed E-state index contributed by atoms with van der Waals surface area (Å²) in [5.74, 6) is 0.289. The highest BCUT2D eigenvalue weighted by Gasteiger charge is 2.23. The Kier molecular flexibility index (Phi) is 5.31. The molecule has 0 spiro atoms. The predicted octanol–water partition coefficient (Wildman–Crippen LogP) is 3.54. The maximum atomic E-state index is 12.5. The van der Waals surface area contributed by atoms with Gasteiger partial charge in [0.05, 0.1) is 5.69 Å². The quantitative estimate of drug-likeness (QED) is 0.646. The van der Waals surface area contributed by atoms with Crippen LogP contribution in [0.3, 0.4) is 0 Å². The minimum atomic E-state index is -0.965. The van der Waals surface area contributed by atoms with Crippen LogP contribution in [-0.2, 0) is 16.1 Å². The molecule has 8 nitrogen and oxygen atoms in total. The fraction of sp³-hybridized carbons (Fsp3) is 0.444. The summed E-state index contributed by atoms with van der Waals surface area (Å²) in [6.45, 7) is 10.1. The largest absolute Gasteiger partial charge is 0.448 e. The van der Waals surface area contributed by atoms with Crippen LogP contribution in [0.5, 0.6) is 0 Å². The summed E-state index contributed by atoms with van der Waals surface area (Å²) in [7, 11) is 0. The Hall–Kier alpha value is -2.68. The standard InChI is InChI=1S/C18H22N4O4S/c1-9(2)8-22-17-13(11(4)20-22)7-14(27-17)18(24)25-12(5)16(23)19-15-6-10(3)26-21-15/h6-7,9,12H,8H2,1-5H3,(H,19,21,23)/t12-/m1/s1. The van der Waals surface area contributed by atoms with Crippen LogP contribution in [0, 0.1) is 19.8 Å². The smallest absolute Gasteiger partial charge is 0.349 e. The van der Waals surface area contributed by atoms with Gasteiger partial charge in [0.25, 0.3) is 5.91 Å². The molecule has 3 heterocycles. The van der Waals surface area contributed by atoms with E-state index < -0.39 is 18.0 Å². The first-order valence-corrected chi connectivity index (χ1v) is 9.48. The highest BCUT2D eigenvalue weighted by molar-refractivity contribution is 7.20. The molecule has 1 N–H and O–H groups in total. The van der Waals surface area contributed by atoms with Crippen molar-refractivity contribution in [2.45, 2.75) is 47.3 Å². The zero-order valence-electron chi connectivity index (χ0n) is 15.9. The SMILES string of the molecule is Cc1cc(NC(=O)[C@@H](C)OC(=O)c2cc3c(C)nn(CC(C)C)c3s2)no1. The molecule has 0 fully saturated rings. The average Bonchev–Trinajstić information content (AvgIpc) is 3.25. The second-order valence-corrected chi connectivity index (χ2v) is 7.88. The second-order valence-electron chi connectivity index (χ2n) is 6.85. The Bertz CT molecular complexity index is 985. The predicted molar refractivity (Wildman–Crippen MR) is 102 cm³/mol. The van der Waals surface area contributed by atoms with Crippen LogP contribution in [0.4, 0.5) is 5.82 Å². The third-order valence-corrected chi connectivity index (χ3v) is 5.01. The van der Waals surface area contributed by atoms with Gasteiger partial charge >= 0.3 is 5.97 Å². The summed E-state index contributed by atoms with van der Waals surface area (Å²) in [5, 5.41) is 11.7. The van der Waals surface area contributed by atoms with Gasteiger partial charge in [-0.2, -0.15) is 5.10 Å². The molecule has 3 rings (SSSR count). The van der Waals surface area contributed by atoms with Gasteiger partial charge in [-0.3, -0.25) is 9.48 Å². The number of esters is 1. The molecular weight excluding hydrogens is 368 g/mol. The van der Waals surface area contributed by atoms with Crippen molar-refractivity contribution in [3.05, 3.63) is 28.5 Å². The zero-order valence-corrected chi connectivity index (χ0v) is 16.7. The van der Waals surface area contributed by atoms with Crippen molar-refractivity contribution in [1.29, 1.82) is 0 Å². The number of nitrogens with one attached hydrogen (secondary N) is 1. The molecule has 0 unspecified atom stereocenters. The molecule has 1 atom stereocenters. The minimum Gasteiger partial charge on any atom is -0.448 e. The molecule has 27 heavy (non-hydrogen) atoms. The number of anilines is 1. The first kappa shape index (κ1) is 19.1. The second kappa shape index (κ2) is 7.51. The number of aromatic nitrogens is 3. The van der Waals surface area contributed by atoms with E-state index in [-0.39, 0.29) is 5.82 Å². The lowest BCUT2D eigenvalue weighted by Crippen LogP contribution is -2.29. The summed E-state index contributed by atoms with van der Waals surface area (Å²) < 4.78 is 12.1. The van der Waals surface area contributed by atoms with E-state index in [1.54, 1.807) is 19.1 Å². The van der Waals surface area contributed by atoms with Crippen LogP contribution in [0.15, 0.2) is 16.7 Å². The molecule has 0 saturated heterocycles. The van der Waals surface area contributed by atoms with E-state index >= 15 is 0 Å². The number of fused-ring (bicyclic) bond motifs is 1. The number of hydrogen-bond donors (Lipinski definition) is 1. The Morgan fingerprint density at radius 3 is 2.67 bits per heavy atom. The highest BCUT2D eigenvalue weighted by atomic mass is 32.1. The molecule has 0 aliphatic carbocycles. The Balaban J connectivity index is 1.70. The van der Waals surface area contributed by atoms with Gasteiger partial charge in [-0.15, -0.1) is 11.3 Å². The molecule has 0 aromatic carbocycles. The highest BCUT2D eigenvalue weighted by Crippen LogP contribution is 2.29. The van der Waals surface area contributed by atoms with E-state index in [2.05, 4.69) is 29.4 Å². The number of carbonyl (C=O) groups excluding carboxylic acids is 2. The van der Waals surface area contributed by atoms with E-state index in [1.807, 2.05) is 11.6 Å². The van der Waals surface area contributed by atoms with E-state index in [0.717, 1.165) is 22.5 Å². The van der Waals surface area contributed by atoms with Crippen molar-refractivity contribution in [3.8, 4) is 0 Å². The number of amides is 1. The van der Waals surface area contributed by atoms with Gasteiger partial charge in [-0.05, 0) is 32.8 Å². The number of aryl methyl sites for hydroxylation is 2. The van der Waals surface area contributed by atoms with Crippen molar-refractivity contribution in [3.63, 3.8) is 0 Å². The Labute approximate surface area is 160 Å². The summed E-state index contributed by atoms with van der Waals surface area (Å²) in [6.07, 6.45) is -0.965. The third kappa shape index (κ3) is 4.19.